The van der Waals surface area contributed by atoms with Gasteiger partial charge in [-0.25, -0.2) is 4.39 Å². The fraction of sp³-hybridized carbons (Fsp3) is 0.619. The van der Waals surface area contributed by atoms with Crippen LogP contribution in [0.15, 0.2) is 24.3 Å². The first-order chi connectivity index (χ1) is 13.4. The van der Waals surface area contributed by atoms with Gasteiger partial charge in [-0.05, 0) is 56.7 Å². The summed E-state index contributed by atoms with van der Waals surface area (Å²) in [5, 5.41) is 6.04. The molecule has 2 bridgehead atoms. The Kier molecular flexibility index (Phi) is 5.38. The van der Waals surface area contributed by atoms with Gasteiger partial charge in [0.15, 0.2) is 0 Å². The summed E-state index contributed by atoms with van der Waals surface area (Å²) in [4.78, 5) is 27.0. The predicted octanol–water partition coefficient (Wildman–Crippen LogP) is 1.70. The molecule has 2 amide bonds. The quantitative estimate of drug-likeness (QED) is 0.777. The zero-order chi connectivity index (χ0) is 19.7. The number of carbonyl (C=O) groups excluding carboxylic acids is 2. The molecule has 1 aromatic carbocycles. The highest BCUT2D eigenvalue weighted by Crippen LogP contribution is 2.38. The number of piperidine rings is 1. The van der Waals surface area contributed by atoms with E-state index in [0.717, 1.165) is 25.7 Å². The van der Waals surface area contributed by atoms with Crippen molar-refractivity contribution in [3.63, 3.8) is 0 Å². The highest BCUT2D eigenvalue weighted by molar-refractivity contribution is 5.94. The van der Waals surface area contributed by atoms with Crippen molar-refractivity contribution in [1.82, 2.24) is 15.5 Å². The van der Waals surface area contributed by atoms with E-state index in [9.17, 15) is 14.0 Å². The number of nitrogens with zero attached hydrogens (tertiary/aromatic N) is 1. The van der Waals surface area contributed by atoms with Gasteiger partial charge in [0, 0.05) is 24.2 Å². The van der Waals surface area contributed by atoms with Crippen LogP contribution in [0.3, 0.4) is 0 Å². The van der Waals surface area contributed by atoms with Crippen molar-refractivity contribution in [2.45, 2.75) is 50.2 Å². The molecule has 0 spiro atoms. The summed E-state index contributed by atoms with van der Waals surface area (Å²) in [5.41, 5.74) is 0.140. The molecule has 0 unspecified atom stereocenters. The molecule has 0 aliphatic carbocycles. The number of benzene rings is 1. The molecule has 7 heteroatoms. The molecule has 152 valence electrons. The summed E-state index contributed by atoms with van der Waals surface area (Å²) in [6.45, 7) is 4.21. The second-order valence-electron chi connectivity index (χ2n) is 8.72. The van der Waals surface area contributed by atoms with Crippen LogP contribution in [0.4, 0.5) is 4.39 Å². The van der Waals surface area contributed by atoms with E-state index in [1.807, 2.05) is 6.92 Å². The molecule has 3 heterocycles. The number of nitrogens with one attached hydrogen (secondary N) is 2. The smallest absolute Gasteiger partial charge is 0.251 e. The molecule has 3 saturated heterocycles. The predicted molar refractivity (Wildman–Crippen MR) is 102 cm³/mol. The first kappa shape index (κ1) is 19.3. The standard InChI is InChI=1S/C21H28FN3O3/c1-21(12-28-13-21)24-19(26)11-25-17-5-6-18(25)8-14(7-17)10-23-20(27)15-3-2-4-16(22)9-15/h2-4,9,14,17-18H,5-8,10-13H2,1H3,(H,23,27)(H,24,26)/t14-,17-,18+. The molecular weight excluding hydrogens is 361 g/mol. The summed E-state index contributed by atoms with van der Waals surface area (Å²) in [6, 6.07) is 6.55. The van der Waals surface area contributed by atoms with Crippen molar-refractivity contribution >= 4 is 11.8 Å². The Morgan fingerprint density at radius 3 is 2.57 bits per heavy atom. The van der Waals surface area contributed by atoms with Gasteiger partial charge in [0.1, 0.15) is 5.82 Å². The molecule has 0 aromatic heterocycles. The van der Waals surface area contributed by atoms with Crippen molar-refractivity contribution in [3.8, 4) is 0 Å². The number of carbonyl (C=O) groups is 2. The molecule has 0 radical (unpaired) electrons. The van der Waals surface area contributed by atoms with Crippen LogP contribution in [0.1, 0.15) is 43.0 Å². The molecule has 3 aliphatic heterocycles. The largest absolute Gasteiger partial charge is 0.376 e. The minimum absolute atomic E-state index is 0.0700. The second-order valence-corrected chi connectivity index (χ2v) is 8.72. The molecule has 4 rings (SSSR count). The number of ether oxygens (including phenoxy) is 1. The SMILES string of the molecule is CC1(NC(=O)CN2[C@@H]3CC[C@H]2C[C@H](CNC(=O)c2cccc(F)c2)C3)COC1. The summed E-state index contributed by atoms with van der Waals surface area (Å²) in [6.07, 6.45) is 4.17. The van der Waals surface area contributed by atoms with E-state index in [4.69, 9.17) is 4.74 Å². The minimum Gasteiger partial charge on any atom is -0.376 e. The van der Waals surface area contributed by atoms with Gasteiger partial charge in [-0.2, -0.15) is 0 Å². The molecule has 3 fully saturated rings. The molecule has 3 atom stereocenters. The van der Waals surface area contributed by atoms with E-state index >= 15 is 0 Å². The van der Waals surface area contributed by atoms with Gasteiger partial charge in [0.25, 0.3) is 5.91 Å². The maximum atomic E-state index is 13.3. The number of halogens is 1. The Morgan fingerprint density at radius 2 is 1.96 bits per heavy atom. The Bertz CT molecular complexity index is 738. The van der Waals surface area contributed by atoms with Gasteiger partial charge in [-0.15, -0.1) is 0 Å². The highest BCUT2D eigenvalue weighted by Gasteiger charge is 2.42. The lowest BCUT2D eigenvalue weighted by molar-refractivity contribution is -0.133. The van der Waals surface area contributed by atoms with Crippen molar-refractivity contribution in [2.75, 3.05) is 26.3 Å². The Labute approximate surface area is 164 Å². The fourth-order valence-corrected chi connectivity index (χ4v) is 4.80. The molecule has 3 aliphatic rings. The normalized spacial score (nSPS) is 28.4. The summed E-state index contributed by atoms with van der Waals surface area (Å²) < 4.78 is 18.5. The second kappa shape index (κ2) is 7.79. The van der Waals surface area contributed by atoms with Crippen LogP contribution in [0.2, 0.25) is 0 Å². The molecule has 6 nitrogen and oxygen atoms in total. The topological polar surface area (TPSA) is 70.7 Å². The molecule has 0 saturated carbocycles. The third-order valence-corrected chi connectivity index (χ3v) is 6.23. The maximum absolute atomic E-state index is 13.3. The van der Waals surface area contributed by atoms with Crippen LogP contribution in [-0.2, 0) is 9.53 Å². The van der Waals surface area contributed by atoms with Crippen LogP contribution in [0.25, 0.3) is 0 Å². The van der Waals surface area contributed by atoms with Crippen LogP contribution in [0, 0.1) is 11.7 Å². The van der Waals surface area contributed by atoms with Gasteiger partial charge < -0.3 is 15.4 Å². The van der Waals surface area contributed by atoms with Crippen molar-refractivity contribution in [2.24, 2.45) is 5.92 Å². The minimum atomic E-state index is -0.403. The summed E-state index contributed by atoms with van der Waals surface area (Å²) in [5.74, 6) is -0.170. The number of hydrogen-bond acceptors (Lipinski definition) is 4. The van der Waals surface area contributed by atoms with Gasteiger partial charge in [-0.3, -0.25) is 14.5 Å². The van der Waals surface area contributed by atoms with E-state index in [1.165, 1.54) is 12.1 Å². The summed E-state index contributed by atoms with van der Waals surface area (Å²) in [7, 11) is 0. The number of rotatable bonds is 6. The monoisotopic (exact) mass is 389 g/mol. The van der Waals surface area contributed by atoms with Gasteiger partial charge in [-0.1, -0.05) is 6.07 Å². The third kappa shape index (κ3) is 4.20. The van der Waals surface area contributed by atoms with Gasteiger partial charge in [0.05, 0.1) is 25.3 Å². The lowest BCUT2D eigenvalue weighted by Crippen LogP contribution is -2.62. The average molecular weight is 389 g/mol. The van der Waals surface area contributed by atoms with E-state index in [1.54, 1.807) is 12.1 Å². The Hall–Kier alpha value is -1.99. The van der Waals surface area contributed by atoms with Crippen LogP contribution in [0.5, 0.6) is 0 Å². The molecule has 28 heavy (non-hydrogen) atoms. The number of hydrogen-bond donors (Lipinski definition) is 2. The first-order valence-corrected chi connectivity index (χ1v) is 10.1. The maximum Gasteiger partial charge on any atom is 0.251 e. The average Bonchev–Trinajstić information content (AvgIpc) is 2.87. The van der Waals surface area contributed by atoms with E-state index < -0.39 is 5.82 Å². The van der Waals surface area contributed by atoms with E-state index in [-0.39, 0.29) is 17.4 Å². The van der Waals surface area contributed by atoms with E-state index in [2.05, 4.69) is 15.5 Å². The third-order valence-electron chi connectivity index (χ3n) is 6.23. The lowest BCUT2D eigenvalue weighted by atomic mass is 9.90. The highest BCUT2D eigenvalue weighted by atomic mass is 19.1. The van der Waals surface area contributed by atoms with Crippen molar-refractivity contribution < 1.29 is 18.7 Å². The van der Waals surface area contributed by atoms with Gasteiger partial charge in [0.2, 0.25) is 5.91 Å². The number of amides is 2. The summed E-state index contributed by atoms with van der Waals surface area (Å²) >= 11 is 0. The molecule has 1 aromatic rings. The zero-order valence-corrected chi connectivity index (χ0v) is 16.2. The Balaban J connectivity index is 1.26. The van der Waals surface area contributed by atoms with E-state index in [0.29, 0.717) is 49.9 Å². The van der Waals surface area contributed by atoms with Crippen molar-refractivity contribution in [3.05, 3.63) is 35.6 Å². The number of fused-ring (bicyclic) bond motifs is 2. The van der Waals surface area contributed by atoms with Crippen molar-refractivity contribution in [1.29, 1.82) is 0 Å². The lowest BCUT2D eigenvalue weighted by Gasteiger charge is -2.41. The van der Waals surface area contributed by atoms with Crippen LogP contribution >= 0.6 is 0 Å². The van der Waals surface area contributed by atoms with Crippen LogP contribution in [-0.4, -0.2) is 60.6 Å². The zero-order valence-electron chi connectivity index (χ0n) is 16.2. The first-order valence-electron chi connectivity index (χ1n) is 10.1. The molecule has 2 N–H and O–H groups in total. The fourth-order valence-electron chi connectivity index (χ4n) is 4.80. The van der Waals surface area contributed by atoms with Crippen LogP contribution < -0.4 is 10.6 Å². The Morgan fingerprint density at radius 1 is 1.25 bits per heavy atom. The van der Waals surface area contributed by atoms with Gasteiger partial charge >= 0.3 is 0 Å². The molecular formula is C21H28FN3O3.